The smallest absolute Gasteiger partial charge is 0.0220 e. The summed E-state index contributed by atoms with van der Waals surface area (Å²) < 4.78 is 0. The fourth-order valence-corrected chi connectivity index (χ4v) is 2.45. The average molecular weight is 154 g/mol. The SMILES string of the molecule is CN1CC2CCCC1CN2C. The number of fused-ring (bicyclic) bond motifs is 4. The minimum atomic E-state index is 0.846. The number of piperazine rings is 1. The van der Waals surface area contributed by atoms with Gasteiger partial charge in [0.05, 0.1) is 0 Å². The highest BCUT2D eigenvalue weighted by Crippen LogP contribution is 2.24. The van der Waals surface area contributed by atoms with Crippen LogP contribution in [0.2, 0.25) is 0 Å². The molecule has 0 aliphatic carbocycles. The molecule has 3 fully saturated rings. The molecule has 0 aromatic rings. The summed E-state index contributed by atoms with van der Waals surface area (Å²) in [6, 6.07) is 1.69. The van der Waals surface area contributed by atoms with Crippen LogP contribution in [0, 0.1) is 0 Å². The van der Waals surface area contributed by atoms with Crippen LogP contribution in [-0.2, 0) is 0 Å². The second-order valence-electron chi connectivity index (χ2n) is 4.12. The van der Waals surface area contributed by atoms with E-state index in [1.54, 1.807) is 0 Å². The first-order valence-corrected chi connectivity index (χ1v) is 4.68. The van der Waals surface area contributed by atoms with Crippen LogP contribution in [0.4, 0.5) is 0 Å². The molecule has 0 spiro atoms. The summed E-state index contributed by atoms with van der Waals surface area (Å²) in [5.41, 5.74) is 0. The second kappa shape index (κ2) is 2.76. The highest BCUT2D eigenvalue weighted by Gasteiger charge is 2.32. The number of hydrogen-bond acceptors (Lipinski definition) is 2. The third kappa shape index (κ3) is 1.30. The van der Waals surface area contributed by atoms with Gasteiger partial charge in [-0.25, -0.2) is 0 Å². The Balaban J connectivity index is 2.12. The molecule has 2 unspecified atom stereocenters. The van der Waals surface area contributed by atoms with Gasteiger partial charge < -0.3 is 9.80 Å². The van der Waals surface area contributed by atoms with E-state index in [0.29, 0.717) is 0 Å². The molecule has 64 valence electrons. The van der Waals surface area contributed by atoms with Crippen molar-refractivity contribution in [3.05, 3.63) is 0 Å². The maximum Gasteiger partial charge on any atom is 0.0220 e. The van der Waals surface area contributed by atoms with E-state index in [1.807, 2.05) is 0 Å². The number of nitrogens with zero attached hydrogens (tertiary/aromatic N) is 2. The number of likely N-dealkylation sites (N-methyl/N-ethyl adjacent to an activating group) is 2. The quantitative estimate of drug-likeness (QED) is 0.509. The Morgan fingerprint density at radius 1 is 0.909 bits per heavy atom. The Kier molecular flexibility index (Phi) is 1.90. The van der Waals surface area contributed by atoms with Crippen molar-refractivity contribution >= 4 is 0 Å². The van der Waals surface area contributed by atoms with Crippen LogP contribution in [0.3, 0.4) is 0 Å². The van der Waals surface area contributed by atoms with Gasteiger partial charge in [0.25, 0.3) is 0 Å². The van der Waals surface area contributed by atoms with Crippen LogP contribution in [0.25, 0.3) is 0 Å². The minimum Gasteiger partial charge on any atom is -0.301 e. The standard InChI is InChI=1S/C9H18N2/c1-10-6-9-5-3-4-8(10)7-11(9)2/h8-9H,3-7H2,1-2H3. The van der Waals surface area contributed by atoms with Crippen molar-refractivity contribution in [3.63, 3.8) is 0 Å². The van der Waals surface area contributed by atoms with E-state index in [0.717, 1.165) is 12.1 Å². The molecule has 11 heavy (non-hydrogen) atoms. The first-order chi connectivity index (χ1) is 5.27. The highest BCUT2D eigenvalue weighted by molar-refractivity contribution is 4.89. The number of rotatable bonds is 0. The first-order valence-electron chi connectivity index (χ1n) is 4.68. The molecular formula is C9H18N2. The van der Waals surface area contributed by atoms with Crippen molar-refractivity contribution < 1.29 is 0 Å². The van der Waals surface area contributed by atoms with Gasteiger partial charge >= 0.3 is 0 Å². The summed E-state index contributed by atoms with van der Waals surface area (Å²) in [5.74, 6) is 0. The number of hydrogen-bond donors (Lipinski definition) is 0. The molecule has 3 aliphatic rings. The Labute approximate surface area is 69.2 Å². The molecule has 0 aromatic heterocycles. The lowest BCUT2D eigenvalue weighted by Gasteiger charge is -2.40. The lowest BCUT2D eigenvalue weighted by molar-refractivity contribution is 0.0803. The van der Waals surface area contributed by atoms with E-state index in [4.69, 9.17) is 0 Å². The zero-order chi connectivity index (χ0) is 7.84. The fraction of sp³-hybridized carbons (Fsp3) is 1.00. The molecule has 3 saturated heterocycles. The lowest BCUT2D eigenvalue weighted by Crippen LogP contribution is -2.53. The van der Waals surface area contributed by atoms with E-state index in [1.165, 1.54) is 32.4 Å². The van der Waals surface area contributed by atoms with E-state index >= 15 is 0 Å². The Hall–Kier alpha value is -0.0800. The monoisotopic (exact) mass is 154 g/mol. The third-order valence-electron chi connectivity index (χ3n) is 3.32. The van der Waals surface area contributed by atoms with Crippen molar-refractivity contribution in [1.29, 1.82) is 0 Å². The van der Waals surface area contributed by atoms with Gasteiger partial charge in [-0.2, -0.15) is 0 Å². The maximum absolute atomic E-state index is 2.54. The molecule has 0 saturated carbocycles. The summed E-state index contributed by atoms with van der Waals surface area (Å²) in [6.07, 6.45) is 4.26. The second-order valence-corrected chi connectivity index (χ2v) is 4.12. The molecule has 3 heterocycles. The average Bonchev–Trinajstić information content (AvgIpc) is 2.21. The Bertz CT molecular complexity index is 130. The molecule has 2 bridgehead atoms. The van der Waals surface area contributed by atoms with Crippen molar-refractivity contribution in [3.8, 4) is 0 Å². The molecule has 2 atom stereocenters. The van der Waals surface area contributed by atoms with Gasteiger partial charge in [0.15, 0.2) is 0 Å². The van der Waals surface area contributed by atoms with Crippen LogP contribution in [0.1, 0.15) is 19.3 Å². The summed E-state index contributed by atoms with van der Waals surface area (Å²) in [7, 11) is 4.55. The lowest BCUT2D eigenvalue weighted by atomic mass is 10.1. The molecule has 0 aromatic carbocycles. The normalized spacial score (nSPS) is 40.9. The zero-order valence-corrected chi connectivity index (χ0v) is 7.58. The molecule has 0 N–H and O–H groups in total. The zero-order valence-electron chi connectivity index (χ0n) is 7.58. The molecular weight excluding hydrogens is 136 g/mol. The van der Waals surface area contributed by atoms with Crippen LogP contribution < -0.4 is 0 Å². The van der Waals surface area contributed by atoms with Gasteiger partial charge in [-0.05, 0) is 26.9 Å². The van der Waals surface area contributed by atoms with Gasteiger partial charge in [0, 0.05) is 25.2 Å². The van der Waals surface area contributed by atoms with Gasteiger partial charge in [0.1, 0.15) is 0 Å². The molecule has 0 amide bonds. The molecule has 3 rings (SSSR count). The fourth-order valence-electron chi connectivity index (χ4n) is 2.45. The van der Waals surface area contributed by atoms with E-state index < -0.39 is 0 Å². The van der Waals surface area contributed by atoms with Crippen LogP contribution >= 0.6 is 0 Å². The minimum absolute atomic E-state index is 0.846. The van der Waals surface area contributed by atoms with E-state index in [-0.39, 0.29) is 0 Å². The third-order valence-corrected chi connectivity index (χ3v) is 3.32. The van der Waals surface area contributed by atoms with Crippen molar-refractivity contribution in [1.82, 2.24) is 9.80 Å². The van der Waals surface area contributed by atoms with E-state index in [9.17, 15) is 0 Å². The summed E-state index contributed by atoms with van der Waals surface area (Å²) in [4.78, 5) is 5.08. The summed E-state index contributed by atoms with van der Waals surface area (Å²) >= 11 is 0. The highest BCUT2D eigenvalue weighted by atomic mass is 15.3. The molecule has 2 heteroatoms. The van der Waals surface area contributed by atoms with Gasteiger partial charge in [-0.3, -0.25) is 0 Å². The van der Waals surface area contributed by atoms with Gasteiger partial charge in [-0.1, -0.05) is 6.42 Å². The van der Waals surface area contributed by atoms with Crippen LogP contribution in [-0.4, -0.2) is 49.1 Å². The Morgan fingerprint density at radius 2 is 1.36 bits per heavy atom. The van der Waals surface area contributed by atoms with Gasteiger partial charge in [0.2, 0.25) is 0 Å². The topological polar surface area (TPSA) is 6.48 Å². The van der Waals surface area contributed by atoms with Crippen LogP contribution in [0.15, 0.2) is 0 Å². The summed E-state index contributed by atoms with van der Waals surface area (Å²) in [6.45, 7) is 2.59. The molecule has 2 nitrogen and oxygen atoms in total. The first kappa shape index (κ1) is 7.56. The predicted molar refractivity (Wildman–Crippen MR) is 46.7 cm³/mol. The molecule has 0 radical (unpaired) electrons. The van der Waals surface area contributed by atoms with Crippen molar-refractivity contribution in [2.24, 2.45) is 0 Å². The van der Waals surface area contributed by atoms with Crippen molar-refractivity contribution in [2.45, 2.75) is 31.3 Å². The summed E-state index contributed by atoms with van der Waals surface area (Å²) in [5, 5.41) is 0. The molecule has 3 aliphatic heterocycles. The Morgan fingerprint density at radius 3 is 1.82 bits per heavy atom. The predicted octanol–water partition coefficient (Wildman–Crippen LogP) is 0.785. The van der Waals surface area contributed by atoms with Crippen LogP contribution in [0.5, 0.6) is 0 Å². The van der Waals surface area contributed by atoms with Crippen molar-refractivity contribution in [2.75, 3.05) is 27.2 Å². The maximum atomic E-state index is 2.54. The largest absolute Gasteiger partial charge is 0.301 e. The van der Waals surface area contributed by atoms with Gasteiger partial charge in [-0.15, -0.1) is 0 Å². The van der Waals surface area contributed by atoms with E-state index in [2.05, 4.69) is 23.9 Å².